The molecule has 0 saturated carbocycles. The summed E-state index contributed by atoms with van der Waals surface area (Å²) in [4.78, 5) is 0. The monoisotopic (exact) mass is 410 g/mol. The molecule has 0 aromatic carbocycles. The van der Waals surface area contributed by atoms with Gasteiger partial charge in [-0.2, -0.15) is 0 Å². The van der Waals surface area contributed by atoms with E-state index in [0.29, 0.717) is 34.5 Å². The van der Waals surface area contributed by atoms with Crippen molar-refractivity contribution in [2.75, 3.05) is 0 Å². The van der Waals surface area contributed by atoms with E-state index in [0.717, 1.165) is 13.3 Å². The minimum absolute atomic E-state index is 0.612. The number of hydrogen-bond acceptors (Lipinski definition) is 0. The van der Waals surface area contributed by atoms with E-state index in [1.807, 2.05) is 0 Å². The molecule has 1 rings (SSSR count). The predicted octanol–water partition coefficient (Wildman–Crippen LogP) is 2.41. The van der Waals surface area contributed by atoms with Crippen LogP contribution in [0.3, 0.4) is 0 Å². The van der Waals surface area contributed by atoms with Gasteiger partial charge in [-0.25, -0.2) is 0 Å². The van der Waals surface area contributed by atoms with Crippen molar-refractivity contribution in [2.45, 2.75) is 0 Å². The summed E-state index contributed by atoms with van der Waals surface area (Å²) in [6.45, 7) is 0. The normalized spacial score (nSPS) is 25.6. The third kappa shape index (κ3) is 1.91. The van der Waals surface area contributed by atoms with Crippen molar-refractivity contribution in [3.8, 4) is 0 Å². The second kappa shape index (κ2) is 3.00. The molecule has 0 amide bonds. The van der Waals surface area contributed by atoms with Crippen molar-refractivity contribution in [3.63, 3.8) is 0 Å². The topological polar surface area (TPSA) is 0 Å². The van der Waals surface area contributed by atoms with Crippen molar-refractivity contribution >= 4 is 47.7 Å². The first kappa shape index (κ1) is 5.07. The Kier molecular flexibility index (Phi) is 3.05. The zero-order chi connectivity index (χ0) is 3.54. The van der Waals surface area contributed by atoms with Crippen LogP contribution in [0.2, 0.25) is 0 Å². The first-order chi connectivity index (χ1) is 2.50. The van der Waals surface area contributed by atoms with Crippen LogP contribution >= 0.6 is 47.7 Å². The summed E-state index contributed by atoms with van der Waals surface area (Å²) in [6.07, 6.45) is 0. The molecule has 0 aromatic heterocycles. The van der Waals surface area contributed by atoms with Crippen molar-refractivity contribution in [2.24, 2.45) is 0 Å². The zero-order valence-electron chi connectivity index (χ0n) is 2.38. The molecule has 0 spiro atoms. The first-order valence-corrected chi connectivity index (χ1v) is 18.5. The van der Waals surface area contributed by atoms with Crippen LogP contribution in [0.15, 0.2) is 8.17 Å². The summed E-state index contributed by atoms with van der Waals surface area (Å²) in [5.41, 5.74) is 0. The Morgan fingerprint density at radius 2 is 1.60 bits per heavy atom. The average Bonchev–Trinajstić information content (AvgIpc) is 1.76. The zero-order valence-corrected chi connectivity index (χ0v) is 9.37. The van der Waals surface area contributed by atoms with Crippen molar-refractivity contribution < 1.29 is 0 Å². The maximum absolute atomic E-state index is 2.48. The van der Waals surface area contributed by atoms with Gasteiger partial charge in [-0.1, -0.05) is 0 Å². The summed E-state index contributed by atoms with van der Waals surface area (Å²) < 4.78 is 4.96. The molecule has 34 valence electrons. The second-order valence-electron chi connectivity index (χ2n) is 0.533. The van der Waals surface area contributed by atoms with Gasteiger partial charge in [0.2, 0.25) is 0 Å². The molecule has 0 atom stereocenters. The third-order valence-corrected chi connectivity index (χ3v) is 31.2. The van der Waals surface area contributed by atoms with Crippen LogP contribution in [-0.2, 0) is 0 Å². The molecule has 0 saturated heterocycles. The molecule has 3 heteroatoms. The van der Waals surface area contributed by atoms with E-state index in [1.165, 1.54) is 0 Å². The van der Waals surface area contributed by atoms with Crippen LogP contribution in [-0.4, -0.2) is 0 Å². The maximum atomic E-state index is 2.48. The molecule has 0 N–H and O–H groups in total. The Labute approximate surface area is 54.6 Å². The summed E-state index contributed by atoms with van der Waals surface area (Å²) in [5.74, 6) is 0. The molecule has 0 aromatic rings. The Bertz CT molecular complexity index is 42.9. The molecule has 0 unspecified atom stereocenters. The summed E-state index contributed by atoms with van der Waals surface area (Å²) in [7, 11) is 0. The van der Waals surface area contributed by atoms with Crippen LogP contribution in [0.25, 0.3) is 0 Å². The minimum atomic E-state index is 0.612. The summed E-state index contributed by atoms with van der Waals surface area (Å²) in [5, 5.41) is 0. The third-order valence-electron chi connectivity index (χ3n) is 0.245. The van der Waals surface area contributed by atoms with Crippen molar-refractivity contribution in [1.29, 1.82) is 0 Å². The first-order valence-electron chi connectivity index (χ1n) is 1.14. The van der Waals surface area contributed by atoms with E-state index in [2.05, 4.69) is 8.17 Å². The molecule has 0 radical (unpaired) electrons. The molecule has 0 aliphatic carbocycles. The van der Waals surface area contributed by atoms with Gasteiger partial charge in [0.15, 0.2) is 0 Å². The van der Waals surface area contributed by atoms with Gasteiger partial charge in [0.05, 0.1) is 0 Å². The summed E-state index contributed by atoms with van der Waals surface area (Å²) in [6, 6.07) is 0. The molecule has 0 bridgehead atoms. The molecule has 1 aliphatic heterocycles. The van der Waals surface area contributed by atoms with Crippen LogP contribution < -0.4 is 0 Å². The number of rotatable bonds is 0. The fourth-order valence-corrected chi connectivity index (χ4v) is 34.2. The van der Waals surface area contributed by atoms with Gasteiger partial charge >= 0.3 is 55.9 Å². The van der Waals surface area contributed by atoms with Gasteiger partial charge in [0.1, 0.15) is 0 Å². The van der Waals surface area contributed by atoms with Crippen LogP contribution in [0, 0.1) is 0 Å². The predicted molar refractivity (Wildman–Crippen MR) is 55.4 cm³/mol. The average molecular weight is 410 g/mol. The van der Waals surface area contributed by atoms with Crippen LogP contribution in [0.5, 0.6) is 0 Å². The van der Waals surface area contributed by atoms with E-state index < -0.39 is 0 Å². The van der Waals surface area contributed by atoms with Gasteiger partial charge in [-0.05, 0) is 0 Å². The molecule has 0 fully saturated rings. The Morgan fingerprint density at radius 1 is 1.00 bits per heavy atom. The second-order valence-corrected chi connectivity index (χ2v) is 31.0. The standard InChI is InChI=1S/C2H5I3/c1-2-4-5-3-1/h1-5H. The number of hydrogen-bond donors (Lipinski definition) is 0. The molecule has 0 nitrogen and oxygen atoms in total. The molecular weight excluding hydrogens is 405 g/mol. The van der Waals surface area contributed by atoms with Crippen molar-refractivity contribution in [1.82, 2.24) is 0 Å². The number of halogens is 3. The Morgan fingerprint density at radius 3 is 1.80 bits per heavy atom. The summed E-state index contributed by atoms with van der Waals surface area (Å²) >= 11 is 1.98. The van der Waals surface area contributed by atoms with Crippen molar-refractivity contribution in [3.05, 3.63) is 8.17 Å². The van der Waals surface area contributed by atoms with Crippen LogP contribution in [0.1, 0.15) is 0 Å². The fourth-order valence-electron chi connectivity index (χ4n) is 0.113. The SMILES string of the molecule is C1=C[IH][IH][IH]1. The van der Waals surface area contributed by atoms with Gasteiger partial charge in [-0.15, -0.1) is 0 Å². The van der Waals surface area contributed by atoms with E-state index in [4.69, 9.17) is 0 Å². The molecule has 1 heterocycles. The molecule has 5 heavy (non-hydrogen) atoms. The van der Waals surface area contributed by atoms with E-state index in [-0.39, 0.29) is 0 Å². The van der Waals surface area contributed by atoms with Gasteiger partial charge in [0, 0.05) is 0 Å². The fraction of sp³-hybridized carbons (Fsp3) is 0. The van der Waals surface area contributed by atoms with Crippen LogP contribution in [0.4, 0.5) is 0 Å². The van der Waals surface area contributed by atoms with E-state index in [9.17, 15) is 0 Å². The Balaban J connectivity index is 2.32. The Hall–Kier alpha value is 1.93. The van der Waals surface area contributed by atoms with Gasteiger partial charge in [-0.3, -0.25) is 0 Å². The van der Waals surface area contributed by atoms with E-state index >= 15 is 0 Å². The quantitative estimate of drug-likeness (QED) is 0.539. The molecule has 1 aliphatic rings. The molecular formula is C2H5I3. The van der Waals surface area contributed by atoms with Gasteiger partial charge < -0.3 is 0 Å². The van der Waals surface area contributed by atoms with Gasteiger partial charge in [0.25, 0.3) is 0 Å². The van der Waals surface area contributed by atoms with E-state index in [1.54, 1.807) is 0 Å².